The first-order valence-electron chi connectivity index (χ1n) is 13.1. The van der Waals surface area contributed by atoms with Crippen molar-refractivity contribution < 1.29 is 10.2 Å². The van der Waals surface area contributed by atoms with E-state index in [1.165, 1.54) is 5.56 Å². The summed E-state index contributed by atoms with van der Waals surface area (Å²) in [6.45, 7) is 7.56. The zero-order valence-corrected chi connectivity index (χ0v) is 21.2. The molecule has 0 aromatic carbocycles. The Balaban J connectivity index is 1.49. The van der Waals surface area contributed by atoms with Crippen LogP contribution in [0.3, 0.4) is 0 Å². The maximum Gasteiger partial charge on any atom is 0.224 e. The van der Waals surface area contributed by atoms with E-state index >= 15 is 0 Å². The van der Waals surface area contributed by atoms with Gasteiger partial charge in [0.25, 0.3) is 0 Å². The number of aromatic nitrogens is 3. The number of anilines is 2. The number of aliphatic hydroxyl groups excluding tert-OH is 2. The molecule has 0 bridgehead atoms. The summed E-state index contributed by atoms with van der Waals surface area (Å²) in [5, 5.41) is 26.0. The van der Waals surface area contributed by atoms with E-state index < -0.39 is 0 Å². The molecule has 0 amide bonds. The molecule has 1 aliphatic heterocycles. The van der Waals surface area contributed by atoms with Crippen LogP contribution in [0.2, 0.25) is 0 Å². The van der Waals surface area contributed by atoms with E-state index in [9.17, 15) is 5.11 Å². The highest BCUT2D eigenvalue weighted by Gasteiger charge is 2.22. The van der Waals surface area contributed by atoms with E-state index in [0.29, 0.717) is 5.95 Å². The second-order valence-corrected chi connectivity index (χ2v) is 10.1. The average Bonchev–Trinajstić information content (AvgIpc) is 2.86. The molecule has 2 fully saturated rings. The van der Waals surface area contributed by atoms with Crippen molar-refractivity contribution in [1.82, 2.24) is 24.8 Å². The molecule has 0 unspecified atom stereocenters. The highest BCUT2D eigenvalue weighted by molar-refractivity contribution is 5.73. The van der Waals surface area contributed by atoms with E-state index in [1.54, 1.807) is 0 Å². The maximum atomic E-state index is 9.90. The zero-order valence-electron chi connectivity index (χ0n) is 21.2. The number of likely N-dealkylation sites (N-methyl/N-ethyl adjacent to an activating group) is 1. The fourth-order valence-electron chi connectivity index (χ4n) is 4.79. The topological polar surface area (TPSA) is 110 Å². The van der Waals surface area contributed by atoms with Crippen molar-refractivity contribution >= 4 is 11.8 Å². The zero-order chi connectivity index (χ0) is 24.6. The predicted octanol–water partition coefficient (Wildman–Crippen LogP) is 2.57. The third-order valence-electron chi connectivity index (χ3n) is 7.10. The number of pyridine rings is 1. The molecule has 4 N–H and O–H groups in total. The van der Waals surface area contributed by atoms with Gasteiger partial charge in [0.15, 0.2) is 0 Å². The number of rotatable bonds is 10. The van der Waals surface area contributed by atoms with E-state index in [0.717, 1.165) is 88.3 Å². The summed E-state index contributed by atoms with van der Waals surface area (Å²) < 4.78 is 0. The minimum absolute atomic E-state index is 0.165. The largest absolute Gasteiger partial charge is 0.396 e. The van der Waals surface area contributed by atoms with Crippen LogP contribution in [-0.2, 0) is 6.54 Å². The first kappa shape index (κ1) is 25.8. The van der Waals surface area contributed by atoms with Gasteiger partial charge in [-0.05, 0) is 64.1 Å². The van der Waals surface area contributed by atoms with E-state index in [1.807, 2.05) is 12.4 Å². The highest BCUT2D eigenvalue weighted by atomic mass is 16.3. The molecular weight excluding hydrogens is 442 g/mol. The number of aliphatic hydroxyl groups is 2. The van der Waals surface area contributed by atoms with Gasteiger partial charge < -0.3 is 25.7 Å². The Morgan fingerprint density at radius 2 is 1.83 bits per heavy atom. The number of piperazine rings is 1. The molecule has 1 aliphatic carbocycles. The Labute approximate surface area is 209 Å². The predicted molar refractivity (Wildman–Crippen MR) is 139 cm³/mol. The third kappa shape index (κ3) is 7.57. The van der Waals surface area contributed by atoms with Gasteiger partial charge >= 0.3 is 0 Å². The van der Waals surface area contributed by atoms with Crippen LogP contribution in [-0.4, -0.2) is 93.0 Å². The van der Waals surface area contributed by atoms with Crippen LogP contribution in [0.5, 0.6) is 0 Å². The molecule has 3 heterocycles. The van der Waals surface area contributed by atoms with E-state index in [2.05, 4.69) is 51.5 Å². The first-order chi connectivity index (χ1) is 17.0. The van der Waals surface area contributed by atoms with Gasteiger partial charge in [0, 0.05) is 63.8 Å². The Hall–Kier alpha value is -2.33. The third-order valence-corrected chi connectivity index (χ3v) is 7.10. The first-order valence-corrected chi connectivity index (χ1v) is 13.1. The lowest BCUT2D eigenvalue weighted by Gasteiger charge is -2.32. The normalized spacial score (nSPS) is 22.6. The lowest BCUT2D eigenvalue weighted by molar-refractivity contribution is 0.126. The molecule has 9 nitrogen and oxygen atoms in total. The van der Waals surface area contributed by atoms with Crippen LogP contribution in [0.15, 0.2) is 24.5 Å². The fourth-order valence-corrected chi connectivity index (χ4v) is 4.79. The molecule has 35 heavy (non-hydrogen) atoms. The molecule has 2 aliphatic rings. The van der Waals surface area contributed by atoms with Gasteiger partial charge in [-0.15, -0.1) is 0 Å². The monoisotopic (exact) mass is 483 g/mol. The number of hydrogen-bond acceptors (Lipinski definition) is 9. The minimum Gasteiger partial charge on any atom is -0.396 e. The summed E-state index contributed by atoms with van der Waals surface area (Å²) in [7, 11) is 2.17. The standard InChI is InChI=1S/C26H41N7O2/c1-19(4-3-15-34)29-26-28-17-23(25(31-26)30-21-6-8-22(35)9-7-21)24-10-5-20(16-27-24)18-33-13-11-32(2)12-14-33/h5,10,16-17,19,21-22,34-35H,3-4,6-9,11-15,18H2,1-2H3,(H2,28,29,30,31)/t19-,21-,22-/m0/s1. The highest BCUT2D eigenvalue weighted by Crippen LogP contribution is 2.29. The van der Waals surface area contributed by atoms with E-state index in [-0.39, 0.29) is 24.8 Å². The Morgan fingerprint density at radius 3 is 2.51 bits per heavy atom. The van der Waals surface area contributed by atoms with Crippen molar-refractivity contribution in [2.45, 2.75) is 70.2 Å². The van der Waals surface area contributed by atoms with Crippen LogP contribution in [0, 0.1) is 0 Å². The maximum absolute atomic E-state index is 9.90. The van der Waals surface area contributed by atoms with Crippen LogP contribution in [0.25, 0.3) is 11.3 Å². The van der Waals surface area contributed by atoms with Gasteiger partial charge in [-0.2, -0.15) is 4.98 Å². The number of nitrogens with zero attached hydrogens (tertiary/aromatic N) is 5. The summed E-state index contributed by atoms with van der Waals surface area (Å²) in [4.78, 5) is 19.0. The summed E-state index contributed by atoms with van der Waals surface area (Å²) in [5.41, 5.74) is 2.95. The minimum atomic E-state index is -0.197. The molecule has 192 valence electrons. The number of hydrogen-bond donors (Lipinski definition) is 4. The molecule has 9 heteroatoms. The van der Waals surface area contributed by atoms with Crippen LogP contribution < -0.4 is 10.6 Å². The molecule has 1 saturated heterocycles. The molecule has 2 aromatic heterocycles. The second kappa shape index (κ2) is 12.6. The molecule has 4 rings (SSSR count). The van der Waals surface area contributed by atoms with Crippen molar-refractivity contribution in [2.24, 2.45) is 0 Å². The summed E-state index contributed by atoms with van der Waals surface area (Å²) >= 11 is 0. The fraction of sp³-hybridized carbons (Fsp3) is 0.654. The summed E-state index contributed by atoms with van der Waals surface area (Å²) in [5.74, 6) is 1.35. The van der Waals surface area contributed by atoms with Gasteiger partial charge in [0.2, 0.25) is 5.95 Å². The van der Waals surface area contributed by atoms with Gasteiger partial charge in [-0.1, -0.05) is 6.07 Å². The van der Waals surface area contributed by atoms with Crippen LogP contribution in [0.4, 0.5) is 11.8 Å². The van der Waals surface area contributed by atoms with Gasteiger partial charge in [0.1, 0.15) is 5.82 Å². The quantitative estimate of drug-likeness (QED) is 0.405. The van der Waals surface area contributed by atoms with Crippen molar-refractivity contribution in [3.05, 3.63) is 30.1 Å². The lowest BCUT2D eigenvalue weighted by Crippen LogP contribution is -2.43. The Morgan fingerprint density at radius 1 is 1.06 bits per heavy atom. The molecule has 0 radical (unpaired) electrons. The Kier molecular flexibility index (Phi) is 9.25. The molecule has 2 aromatic rings. The molecule has 1 saturated carbocycles. The van der Waals surface area contributed by atoms with E-state index in [4.69, 9.17) is 15.1 Å². The SMILES string of the molecule is C[C@@H](CCCO)Nc1ncc(-c2ccc(CN3CCN(C)CC3)cn2)c(N[C@H]2CC[C@H](O)CC2)n1. The van der Waals surface area contributed by atoms with Gasteiger partial charge in [-0.3, -0.25) is 9.88 Å². The second-order valence-electron chi connectivity index (χ2n) is 10.1. The van der Waals surface area contributed by atoms with Gasteiger partial charge in [-0.25, -0.2) is 4.98 Å². The summed E-state index contributed by atoms with van der Waals surface area (Å²) in [6, 6.07) is 4.65. The molecular formula is C26H41N7O2. The Bertz CT molecular complexity index is 910. The molecule has 1 atom stereocenters. The van der Waals surface area contributed by atoms with Crippen LogP contribution >= 0.6 is 0 Å². The smallest absolute Gasteiger partial charge is 0.224 e. The van der Waals surface area contributed by atoms with Gasteiger partial charge in [0.05, 0.1) is 17.4 Å². The molecule has 0 spiro atoms. The van der Waals surface area contributed by atoms with Crippen molar-refractivity contribution in [2.75, 3.05) is 50.5 Å². The lowest BCUT2D eigenvalue weighted by atomic mass is 9.93. The average molecular weight is 484 g/mol. The summed E-state index contributed by atoms with van der Waals surface area (Å²) in [6.07, 6.45) is 8.65. The van der Waals surface area contributed by atoms with Crippen molar-refractivity contribution in [3.63, 3.8) is 0 Å². The van der Waals surface area contributed by atoms with Crippen molar-refractivity contribution in [3.8, 4) is 11.3 Å². The van der Waals surface area contributed by atoms with Crippen LogP contribution in [0.1, 0.15) is 51.0 Å². The van der Waals surface area contributed by atoms with Crippen molar-refractivity contribution in [1.29, 1.82) is 0 Å². The number of nitrogens with one attached hydrogen (secondary N) is 2.